The SMILES string of the molecule is Cc1ccc(S(=O)(=O)NCc2cn(C(c3ccc(OCc4ccccc4)cc3)C3CC3)nn2)cc1. The fourth-order valence-electron chi connectivity index (χ4n) is 4.06. The molecule has 7 nitrogen and oxygen atoms in total. The van der Waals surface area contributed by atoms with Crippen LogP contribution in [0.15, 0.2) is 90.0 Å². The predicted molar refractivity (Wildman–Crippen MR) is 133 cm³/mol. The first-order valence-corrected chi connectivity index (χ1v) is 13.2. The summed E-state index contributed by atoms with van der Waals surface area (Å²) in [7, 11) is -3.61. The van der Waals surface area contributed by atoms with Gasteiger partial charge in [-0.2, -0.15) is 0 Å². The minimum Gasteiger partial charge on any atom is -0.489 e. The van der Waals surface area contributed by atoms with Gasteiger partial charge in [-0.15, -0.1) is 5.10 Å². The Kier molecular flexibility index (Phi) is 6.66. The predicted octanol–water partition coefficient (Wildman–Crippen LogP) is 4.64. The molecule has 1 heterocycles. The monoisotopic (exact) mass is 488 g/mol. The summed E-state index contributed by atoms with van der Waals surface area (Å²) in [5.74, 6) is 1.31. The average Bonchev–Trinajstić information content (AvgIpc) is 3.60. The number of sulfonamides is 1. The first kappa shape index (κ1) is 23.3. The number of nitrogens with one attached hydrogen (secondary N) is 1. The Bertz CT molecular complexity index is 1360. The van der Waals surface area contributed by atoms with E-state index < -0.39 is 10.0 Å². The van der Waals surface area contributed by atoms with Crippen LogP contribution in [-0.2, 0) is 23.2 Å². The van der Waals surface area contributed by atoms with Crippen LogP contribution in [0.2, 0.25) is 0 Å². The van der Waals surface area contributed by atoms with Crippen molar-refractivity contribution in [2.75, 3.05) is 0 Å². The molecular weight excluding hydrogens is 460 g/mol. The van der Waals surface area contributed by atoms with Crippen molar-refractivity contribution in [3.05, 3.63) is 107 Å². The Hall–Kier alpha value is -3.49. The lowest BCUT2D eigenvalue weighted by molar-refractivity contribution is 0.306. The highest BCUT2D eigenvalue weighted by atomic mass is 32.2. The van der Waals surface area contributed by atoms with Gasteiger partial charge in [0, 0.05) is 0 Å². The molecule has 8 heteroatoms. The zero-order chi connectivity index (χ0) is 24.3. The second-order valence-corrected chi connectivity index (χ2v) is 10.7. The number of aromatic nitrogens is 3. The quantitative estimate of drug-likeness (QED) is 0.351. The van der Waals surface area contributed by atoms with Crippen molar-refractivity contribution in [1.82, 2.24) is 19.7 Å². The molecule has 1 fully saturated rings. The van der Waals surface area contributed by atoms with Gasteiger partial charge in [-0.1, -0.05) is 65.4 Å². The third kappa shape index (κ3) is 5.78. The van der Waals surface area contributed by atoms with Crippen LogP contribution in [0.1, 0.15) is 41.3 Å². The number of ether oxygens (including phenoxy) is 1. The van der Waals surface area contributed by atoms with Crippen LogP contribution in [0.3, 0.4) is 0 Å². The summed E-state index contributed by atoms with van der Waals surface area (Å²) in [6, 6.07) is 25.0. The fraction of sp³-hybridized carbons (Fsp3) is 0.259. The molecule has 180 valence electrons. The van der Waals surface area contributed by atoms with Crippen molar-refractivity contribution in [3.63, 3.8) is 0 Å². The molecule has 1 N–H and O–H groups in total. The van der Waals surface area contributed by atoms with E-state index in [1.165, 1.54) is 0 Å². The van der Waals surface area contributed by atoms with Gasteiger partial charge in [-0.05, 0) is 61.1 Å². The van der Waals surface area contributed by atoms with Crippen molar-refractivity contribution in [1.29, 1.82) is 0 Å². The van der Waals surface area contributed by atoms with Crippen LogP contribution in [0.25, 0.3) is 0 Å². The van der Waals surface area contributed by atoms with Crippen LogP contribution in [0, 0.1) is 12.8 Å². The Morgan fingerprint density at radius 1 is 1.00 bits per heavy atom. The summed E-state index contributed by atoms with van der Waals surface area (Å²) in [4.78, 5) is 0.237. The molecule has 3 aromatic carbocycles. The third-order valence-corrected chi connectivity index (χ3v) is 7.57. The van der Waals surface area contributed by atoms with E-state index in [9.17, 15) is 8.42 Å². The standard InChI is InChI=1S/C27H28N4O3S/c1-20-7-15-26(16-8-20)35(32,33)28-17-24-18-31(30-29-24)27(22-9-10-22)23-11-13-25(14-12-23)34-19-21-5-3-2-4-6-21/h2-8,11-16,18,22,27-28H,9-10,17,19H2,1H3. The molecule has 0 aliphatic heterocycles. The lowest BCUT2D eigenvalue weighted by atomic mass is 10.0. The molecule has 4 aromatic rings. The Labute approximate surface area is 205 Å². The fourth-order valence-corrected chi connectivity index (χ4v) is 5.05. The van der Waals surface area contributed by atoms with E-state index in [0.717, 1.165) is 35.3 Å². The summed E-state index contributed by atoms with van der Waals surface area (Å²) in [6.07, 6.45) is 4.10. The molecule has 1 aliphatic carbocycles. The molecule has 1 saturated carbocycles. The summed E-state index contributed by atoms with van der Waals surface area (Å²) in [5, 5.41) is 8.56. The van der Waals surface area contributed by atoms with Gasteiger partial charge in [0.25, 0.3) is 0 Å². The van der Waals surface area contributed by atoms with E-state index in [1.54, 1.807) is 24.3 Å². The Morgan fingerprint density at radius 2 is 1.71 bits per heavy atom. The molecule has 0 spiro atoms. The smallest absolute Gasteiger partial charge is 0.240 e. The second kappa shape index (κ2) is 10.0. The number of hydrogen-bond donors (Lipinski definition) is 1. The van der Waals surface area contributed by atoms with Crippen LogP contribution >= 0.6 is 0 Å². The highest BCUT2D eigenvalue weighted by Gasteiger charge is 2.34. The first-order valence-electron chi connectivity index (χ1n) is 11.7. The summed E-state index contributed by atoms with van der Waals surface area (Å²) in [6.45, 7) is 2.53. The summed E-state index contributed by atoms with van der Waals surface area (Å²) < 4.78 is 35.6. The number of benzene rings is 3. The maximum atomic E-state index is 12.6. The van der Waals surface area contributed by atoms with Gasteiger partial charge >= 0.3 is 0 Å². The largest absolute Gasteiger partial charge is 0.489 e. The van der Waals surface area contributed by atoms with Gasteiger partial charge in [-0.25, -0.2) is 17.8 Å². The first-order chi connectivity index (χ1) is 17.0. The highest BCUT2D eigenvalue weighted by molar-refractivity contribution is 7.89. The summed E-state index contributed by atoms with van der Waals surface area (Å²) in [5.41, 5.74) is 3.85. The van der Waals surface area contributed by atoms with Gasteiger partial charge in [0.15, 0.2) is 0 Å². The van der Waals surface area contributed by atoms with Gasteiger partial charge in [0.2, 0.25) is 10.0 Å². The van der Waals surface area contributed by atoms with E-state index in [2.05, 4.69) is 27.2 Å². The number of nitrogens with zero attached hydrogens (tertiary/aromatic N) is 3. The van der Waals surface area contributed by atoms with Gasteiger partial charge < -0.3 is 4.74 Å². The number of aryl methyl sites for hydroxylation is 1. The van der Waals surface area contributed by atoms with E-state index in [1.807, 2.05) is 60.3 Å². The average molecular weight is 489 g/mol. The zero-order valence-corrected chi connectivity index (χ0v) is 20.4. The molecule has 0 amide bonds. The van der Waals surface area contributed by atoms with E-state index in [-0.39, 0.29) is 17.5 Å². The summed E-state index contributed by atoms with van der Waals surface area (Å²) >= 11 is 0. The van der Waals surface area contributed by atoms with Crippen LogP contribution in [-0.4, -0.2) is 23.4 Å². The van der Waals surface area contributed by atoms with Crippen molar-refractivity contribution in [2.45, 2.75) is 43.9 Å². The van der Waals surface area contributed by atoms with E-state index in [4.69, 9.17) is 4.74 Å². The molecule has 5 rings (SSSR count). The van der Waals surface area contributed by atoms with Crippen LogP contribution in [0.4, 0.5) is 0 Å². The molecule has 1 unspecified atom stereocenters. The molecule has 35 heavy (non-hydrogen) atoms. The molecule has 1 aliphatic rings. The minimum atomic E-state index is -3.61. The number of hydrogen-bond acceptors (Lipinski definition) is 5. The molecular formula is C27H28N4O3S. The van der Waals surface area contributed by atoms with Gasteiger partial charge in [0.1, 0.15) is 12.4 Å². The van der Waals surface area contributed by atoms with Gasteiger partial charge in [-0.3, -0.25) is 0 Å². The minimum absolute atomic E-state index is 0.0631. The Morgan fingerprint density at radius 3 is 2.40 bits per heavy atom. The van der Waals surface area contributed by atoms with Crippen molar-refractivity contribution < 1.29 is 13.2 Å². The normalized spacial score (nSPS) is 14.5. The molecule has 0 radical (unpaired) electrons. The lowest BCUT2D eigenvalue weighted by Gasteiger charge is -2.17. The van der Waals surface area contributed by atoms with Crippen LogP contribution in [0.5, 0.6) is 5.75 Å². The van der Waals surface area contributed by atoms with E-state index in [0.29, 0.717) is 18.2 Å². The van der Waals surface area contributed by atoms with Crippen molar-refractivity contribution in [3.8, 4) is 5.75 Å². The second-order valence-electron chi connectivity index (χ2n) is 8.95. The lowest BCUT2D eigenvalue weighted by Crippen LogP contribution is -2.23. The highest BCUT2D eigenvalue weighted by Crippen LogP contribution is 2.43. The third-order valence-electron chi connectivity index (χ3n) is 6.16. The van der Waals surface area contributed by atoms with Crippen LogP contribution < -0.4 is 9.46 Å². The van der Waals surface area contributed by atoms with Gasteiger partial charge in [0.05, 0.1) is 29.4 Å². The molecule has 1 atom stereocenters. The maximum Gasteiger partial charge on any atom is 0.240 e. The molecule has 1 aromatic heterocycles. The molecule has 0 saturated heterocycles. The van der Waals surface area contributed by atoms with E-state index >= 15 is 0 Å². The maximum absolute atomic E-state index is 12.6. The molecule has 0 bridgehead atoms. The topological polar surface area (TPSA) is 86.1 Å². The Balaban J connectivity index is 1.25. The zero-order valence-electron chi connectivity index (χ0n) is 19.5. The number of rotatable bonds is 10. The van der Waals surface area contributed by atoms with Crippen molar-refractivity contribution in [2.24, 2.45) is 5.92 Å². The van der Waals surface area contributed by atoms with Crippen molar-refractivity contribution >= 4 is 10.0 Å².